The monoisotopic (exact) mass is 323 g/mol. The number of aromatic nitrogens is 1. The van der Waals surface area contributed by atoms with E-state index in [4.69, 9.17) is 0 Å². The SMILES string of the molecule is O=C(NCCCc1ccccc1)c1cc(N2CCCCC2)ccn1. The van der Waals surface area contributed by atoms with Gasteiger partial charge >= 0.3 is 0 Å². The molecule has 0 spiro atoms. The largest absolute Gasteiger partial charge is 0.371 e. The smallest absolute Gasteiger partial charge is 0.269 e. The highest BCUT2D eigenvalue weighted by Crippen LogP contribution is 2.19. The number of aryl methyl sites for hydroxylation is 1. The summed E-state index contributed by atoms with van der Waals surface area (Å²) in [5.41, 5.74) is 2.92. The number of benzene rings is 1. The van der Waals surface area contributed by atoms with Gasteiger partial charge in [-0.1, -0.05) is 30.3 Å². The zero-order valence-corrected chi connectivity index (χ0v) is 14.1. The van der Waals surface area contributed by atoms with Gasteiger partial charge in [0.15, 0.2) is 0 Å². The number of hydrogen-bond acceptors (Lipinski definition) is 3. The number of nitrogens with one attached hydrogen (secondary N) is 1. The zero-order valence-electron chi connectivity index (χ0n) is 14.1. The maximum Gasteiger partial charge on any atom is 0.269 e. The van der Waals surface area contributed by atoms with Gasteiger partial charge in [0.2, 0.25) is 0 Å². The third-order valence-electron chi connectivity index (χ3n) is 4.47. The van der Waals surface area contributed by atoms with E-state index in [9.17, 15) is 4.79 Å². The van der Waals surface area contributed by atoms with Crippen LogP contribution in [-0.4, -0.2) is 30.5 Å². The van der Waals surface area contributed by atoms with Crippen LogP contribution >= 0.6 is 0 Å². The molecule has 0 aliphatic carbocycles. The third-order valence-corrected chi connectivity index (χ3v) is 4.47. The van der Waals surface area contributed by atoms with Crippen molar-refractivity contribution in [3.63, 3.8) is 0 Å². The van der Waals surface area contributed by atoms with Gasteiger partial charge in [0, 0.05) is 31.5 Å². The van der Waals surface area contributed by atoms with Crippen LogP contribution in [0, 0.1) is 0 Å². The van der Waals surface area contributed by atoms with Crippen LogP contribution in [0.3, 0.4) is 0 Å². The lowest BCUT2D eigenvalue weighted by Gasteiger charge is -2.28. The van der Waals surface area contributed by atoms with Crippen molar-refractivity contribution in [3.8, 4) is 0 Å². The number of nitrogens with zero attached hydrogens (tertiary/aromatic N) is 2. The van der Waals surface area contributed by atoms with E-state index in [1.165, 1.54) is 24.8 Å². The molecule has 1 saturated heterocycles. The molecule has 1 aliphatic heterocycles. The molecule has 1 fully saturated rings. The summed E-state index contributed by atoms with van der Waals surface area (Å²) < 4.78 is 0. The fourth-order valence-electron chi connectivity index (χ4n) is 3.12. The van der Waals surface area contributed by atoms with Crippen LogP contribution in [0.2, 0.25) is 0 Å². The maximum absolute atomic E-state index is 12.3. The van der Waals surface area contributed by atoms with Crippen molar-refractivity contribution in [2.75, 3.05) is 24.5 Å². The van der Waals surface area contributed by atoms with Crippen LogP contribution in [0.15, 0.2) is 48.7 Å². The minimum Gasteiger partial charge on any atom is -0.371 e. The highest BCUT2D eigenvalue weighted by molar-refractivity contribution is 5.93. The van der Waals surface area contributed by atoms with Gasteiger partial charge in [0.1, 0.15) is 5.69 Å². The number of rotatable bonds is 6. The third kappa shape index (κ3) is 4.57. The second kappa shape index (κ2) is 8.48. The van der Waals surface area contributed by atoms with Gasteiger partial charge < -0.3 is 10.2 Å². The lowest BCUT2D eigenvalue weighted by atomic mass is 10.1. The molecule has 0 atom stereocenters. The van der Waals surface area contributed by atoms with Crippen molar-refractivity contribution >= 4 is 11.6 Å². The van der Waals surface area contributed by atoms with Gasteiger partial charge in [0.25, 0.3) is 5.91 Å². The highest BCUT2D eigenvalue weighted by Gasteiger charge is 2.13. The number of hydrogen-bond donors (Lipinski definition) is 1. The van der Waals surface area contributed by atoms with Crippen molar-refractivity contribution < 1.29 is 4.79 Å². The van der Waals surface area contributed by atoms with Crippen LogP contribution in [0.4, 0.5) is 5.69 Å². The Labute approximate surface area is 143 Å². The molecule has 4 nitrogen and oxygen atoms in total. The first-order valence-corrected chi connectivity index (χ1v) is 8.86. The lowest BCUT2D eigenvalue weighted by Crippen LogP contribution is -2.30. The Balaban J connectivity index is 1.49. The fraction of sp³-hybridized carbons (Fsp3) is 0.400. The van der Waals surface area contributed by atoms with Crippen LogP contribution < -0.4 is 10.2 Å². The summed E-state index contributed by atoms with van der Waals surface area (Å²) in [6.07, 6.45) is 7.40. The number of anilines is 1. The normalized spacial score (nSPS) is 14.4. The van der Waals surface area contributed by atoms with Gasteiger partial charge in [-0.25, -0.2) is 0 Å². The van der Waals surface area contributed by atoms with Crippen molar-refractivity contribution in [2.45, 2.75) is 32.1 Å². The predicted molar refractivity (Wildman–Crippen MR) is 97.4 cm³/mol. The quantitative estimate of drug-likeness (QED) is 0.828. The standard InChI is InChI=1S/C20H25N3O/c24-20(22-12-7-10-17-8-3-1-4-9-17)19-16-18(11-13-21-19)23-14-5-2-6-15-23/h1,3-4,8-9,11,13,16H,2,5-7,10,12,14-15H2,(H,22,24). The summed E-state index contributed by atoms with van der Waals surface area (Å²) in [4.78, 5) is 18.9. The summed E-state index contributed by atoms with van der Waals surface area (Å²) in [5, 5.41) is 2.98. The Morgan fingerprint density at radius 3 is 2.67 bits per heavy atom. The average molecular weight is 323 g/mol. The van der Waals surface area contributed by atoms with Gasteiger partial charge in [-0.3, -0.25) is 9.78 Å². The minimum absolute atomic E-state index is 0.0816. The Morgan fingerprint density at radius 2 is 1.88 bits per heavy atom. The molecule has 0 radical (unpaired) electrons. The molecule has 4 heteroatoms. The molecular weight excluding hydrogens is 298 g/mol. The summed E-state index contributed by atoms with van der Waals surface area (Å²) in [6, 6.07) is 14.3. The summed E-state index contributed by atoms with van der Waals surface area (Å²) in [5.74, 6) is -0.0816. The van der Waals surface area contributed by atoms with E-state index in [0.29, 0.717) is 12.2 Å². The maximum atomic E-state index is 12.3. The molecule has 1 N–H and O–H groups in total. The van der Waals surface area contributed by atoms with Crippen molar-refractivity contribution in [3.05, 3.63) is 59.9 Å². The highest BCUT2D eigenvalue weighted by atomic mass is 16.1. The molecule has 1 aromatic heterocycles. The molecule has 0 bridgehead atoms. The van der Waals surface area contributed by atoms with Crippen LogP contribution in [0.5, 0.6) is 0 Å². The summed E-state index contributed by atoms with van der Waals surface area (Å²) >= 11 is 0. The first-order valence-electron chi connectivity index (χ1n) is 8.86. The number of carbonyl (C=O) groups is 1. The molecule has 0 unspecified atom stereocenters. The molecule has 3 rings (SSSR count). The van der Waals surface area contributed by atoms with E-state index in [1.807, 2.05) is 30.3 Å². The summed E-state index contributed by atoms with van der Waals surface area (Å²) in [6.45, 7) is 2.81. The number of pyridine rings is 1. The molecular formula is C20H25N3O. The van der Waals surface area contributed by atoms with E-state index >= 15 is 0 Å². The number of piperidine rings is 1. The lowest BCUT2D eigenvalue weighted by molar-refractivity contribution is 0.0948. The Kier molecular flexibility index (Phi) is 5.83. The van der Waals surface area contributed by atoms with Crippen molar-refractivity contribution in [1.29, 1.82) is 0 Å². The molecule has 24 heavy (non-hydrogen) atoms. The van der Waals surface area contributed by atoms with Crippen molar-refractivity contribution in [2.24, 2.45) is 0 Å². The average Bonchev–Trinajstić information content (AvgIpc) is 2.67. The molecule has 1 aliphatic rings. The Bertz CT molecular complexity index is 651. The molecule has 0 saturated carbocycles. The minimum atomic E-state index is -0.0816. The van der Waals surface area contributed by atoms with Crippen LogP contribution in [-0.2, 0) is 6.42 Å². The molecule has 2 heterocycles. The Hall–Kier alpha value is -2.36. The fourth-order valence-corrected chi connectivity index (χ4v) is 3.12. The van der Waals surface area contributed by atoms with Gasteiger partial charge in [-0.2, -0.15) is 0 Å². The van der Waals surface area contributed by atoms with E-state index in [-0.39, 0.29) is 5.91 Å². The van der Waals surface area contributed by atoms with Gasteiger partial charge in [-0.15, -0.1) is 0 Å². The second-order valence-electron chi connectivity index (χ2n) is 6.29. The Morgan fingerprint density at radius 1 is 1.08 bits per heavy atom. The first-order chi connectivity index (χ1) is 11.8. The van der Waals surface area contributed by atoms with Gasteiger partial charge in [-0.05, 0) is 49.8 Å². The first kappa shape index (κ1) is 16.5. The topological polar surface area (TPSA) is 45.2 Å². The van der Waals surface area contributed by atoms with E-state index in [2.05, 4.69) is 27.3 Å². The number of amides is 1. The molecule has 126 valence electrons. The van der Waals surface area contributed by atoms with Crippen LogP contribution in [0.1, 0.15) is 41.7 Å². The van der Waals surface area contributed by atoms with E-state index in [0.717, 1.165) is 31.6 Å². The summed E-state index contributed by atoms with van der Waals surface area (Å²) in [7, 11) is 0. The van der Waals surface area contributed by atoms with Gasteiger partial charge in [0.05, 0.1) is 0 Å². The molecule has 2 aromatic rings. The zero-order chi connectivity index (χ0) is 16.6. The van der Waals surface area contributed by atoms with Crippen LogP contribution in [0.25, 0.3) is 0 Å². The van der Waals surface area contributed by atoms with E-state index < -0.39 is 0 Å². The van der Waals surface area contributed by atoms with E-state index in [1.54, 1.807) is 6.20 Å². The second-order valence-corrected chi connectivity index (χ2v) is 6.29. The molecule has 1 amide bonds. The number of carbonyl (C=O) groups excluding carboxylic acids is 1. The molecule has 1 aromatic carbocycles. The van der Waals surface area contributed by atoms with Crippen molar-refractivity contribution in [1.82, 2.24) is 10.3 Å². The predicted octanol–water partition coefficient (Wildman–Crippen LogP) is 3.43.